The Bertz CT molecular complexity index is 279. The van der Waals surface area contributed by atoms with Gasteiger partial charge in [-0.05, 0) is 38.6 Å². The number of hydrogen-bond acceptors (Lipinski definition) is 2. The van der Waals surface area contributed by atoms with Crippen molar-refractivity contribution in [2.75, 3.05) is 19.6 Å². The van der Waals surface area contributed by atoms with Gasteiger partial charge < -0.3 is 10.2 Å². The summed E-state index contributed by atoms with van der Waals surface area (Å²) in [6.07, 6.45) is 5.43. The Morgan fingerprint density at radius 1 is 1.06 bits per heavy atom. The van der Waals surface area contributed by atoms with Gasteiger partial charge in [0.2, 0.25) is 5.92 Å². The molecule has 1 aliphatic carbocycles. The molecule has 98 valence electrons. The first-order valence-electron chi connectivity index (χ1n) is 6.96. The Labute approximate surface area is 102 Å². The van der Waals surface area contributed by atoms with Gasteiger partial charge in [-0.1, -0.05) is 0 Å². The van der Waals surface area contributed by atoms with Gasteiger partial charge in [0.15, 0.2) is 0 Å². The second-order valence-electron chi connectivity index (χ2n) is 6.10. The van der Waals surface area contributed by atoms with Gasteiger partial charge in [-0.15, -0.1) is 0 Å². The van der Waals surface area contributed by atoms with E-state index in [1.54, 1.807) is 0 Å². The van der Waals surface area contributed by atoms with Crippen molar-refractivity contribution in [1.82, 2.24) is 10.2 Å². The quantitative estimate of drug-likeness (QED) is 0.762. The van der Waals surface area contributed by atoms with Crippen LogP contribution in [0, 0.1) is 0 Å². The number of halogens is 2. The van der Waals surface area contributed by atoms with E-state index < -0.39 is 5.92 Å². The highest BCUT2D eigenvalue weighted by molar-refractivity contribution is 5.01. The van der Waals surface area contributed by atoms with Crippen LogP contribution in [0.4, 0.5) is 8.78 Å². The summed E-state index contributed by atoms with van der Waals surface area (Å²) in [6, 6.07) is 0.135. The van der Waals surface area contributed by atoms with Gasteiger partial charge in [0.05, 0.1) is 0 Å². The summed E-state index contributed by atoms with van der Waals surface area (Å²) in [5.41, 5.74) is 0.383. The summed E-state index contributed by atoms with van der Waals surface area (Å²) in [6.45, 7) is 3.16. The average Bonchev–Trinajstić information content (AvgIpc) is 2.26. The number of piperidine rings is 1. The predicted molar refractivity (Wildman–Crippen MR) is 63.4 cm³/mol. The lowest BCUT2D eigenvalue weighted by molar-refractivity contribution is -0.0710. The number of alkyl halides is 2. The molecule has 2 nitrogen and oxygen atoms in total. The van der Waals surface area contributed by atoms with Gasteiger partial charge in [-0.25, -0.2) is 8.78 Å². The minimum absolute atomic E-state index is 0.0907. The Hall–Kier alpha value is -0.220. The van der Waals surface area contributed by atoms with E-state index in [0.29, 0.717) is 12.0 Å². The van der Waals surface area contributed by atoms with Crippen LogP contribution in [0.15, 0.2) is 0 Å². The van der Waals surface area contributed by atoms with E-state index >= 15 is 0 Å². The molecule has 2 heterocycles. The fourth-order valence-corrected chi connectivity index (χ4v) is 3.68. The van der Waals surface area contributed by atoms with Crippen molar-refractivity contribution in [2.24, 2.45) is 0 Å². The van der Waals surface area contributed by atoms with E-state index in [2.05, 4.69) is 10.2 Å². The Kier molecular flexibility index (Phi) is 2.90. The highest BCUT2D eigenvalue weighted by Gasteiger charge is 2.43. The number of hydrogen-bond donors (Lipinski definition) is 1. The molecule has 1 spiro atoms. The van der Waals surface area contributed by atoms with Crippen LogP contribution in [-0.4, -0.2) is 42.0 Å². The van der Waals surface area contributed by atoms with Crippen LogP contribution in [0.25, 0.3) is 0 Å². The van der Waals surface area contributed by atoms with Gasteiger partial charge in [0.1, 0.15) is 0 Å². The largest absolute Gasteiger partial charge is 0.311 e. The molecule has 3 rings (SSSR count). The van der Waals surface area contributed by atoms with Crippen LogP contribution in [-0.2, 0) is 0 Å². The van der Waals surface area contributed by atoms with Crippen molar-refractivity contribution in [3.63, 3.8) is 0 Å². The average molecular weight is 244 g/mol. The van der Waals surface area contributed by atoms with Crippen LogP contribution < -0.4 is 5.32 Å². The fourth-order valence-electron chi connectivity index (χ4n) is 3.68. The van der Waals surface area contributed by atoms with Gasteiger partial charge in [0, 0.05) is 37.5 Å². The Balaban J connectivity index is 1.55. The first kappa shape index (κ1) is 11.8. The molecular weight excluding hydrogens is 222 g/mol. The third-order valence-corrected chi connectivity index (χ3v) is 4.99. The van der Waals surface area contributed by atoms with Crippen LogP contribution in [0.2, 0.25) is 0 Å². The molecule has 1 N–H and O–H groups in total. The lowest BCUT2D eigenvalue weighted by Gasteiger charge is -2.51. The van der Waals surface area contributed by atoms with Crippen molar-refractivity contribution in [3.8, 4) is 0 Å². The van der Waals surface area contributed by atoms with Crippen molar-refractivity contribution in [2.45, 2.75) is 62.4 Å². The fraction of sp³-hybridized carbons (Fsp3) is 1.00. The molecule has 0 bridgehead atoms. The molecule has 17 heavy (non-hydrogen) atoms. The van der Waals surface area contributed by atoms with Crippen LogP contribution in [0.5, 0.6) is 0 Å². The first-order valence-corrected chi connectivity index (χ1v) is 6.96. The van der Waals surface area contributed by atoms with E-state index in [-0.39, 0.29) is 18.9 Å². The maximum atomic E-state index is 13.4. The SMILES string of the molecule is FC1(F)CCCC(N2CCC3(CCN3)CC2)C1. The molecule has 1 saturated carbocycles. The third kappa shape index (κ3) is 2.34. The molecular formula is C13H22F2N2. The van der Waals surface area contributed by atoms with Crippen LogP contribution >= 0.6 is 0 Å². The second kappa shape index (κ2) is 4.16. The van der Waals surface area contributed by atoms with Crippen molar-refractivity contribution >= 4 is 0 Å². The second-order valence-corrected chi connectivity index (χ2v) is 6.10. The zero-order chi connectivity index (χ0) is 11.9. The number of likely N-dealkylation sites (tertiary alicyclic amines) is 1. The van der Waals surface area contributed by atoms with Gasteiger partial charge in [-0.2, -0.15) is 0 Å². The number of nitrogens with zero attached hydrogens (tertiary/aromatic N) is 1. The molecule has 0 amide bonds. The number of rotatable bonds is 1. The lowest BCUT2D eigenvalue weighted by Crippen LogP contribution is -2.63. The molecule has 0 radical (unpaired) electrons. The monoisotopic (exact) mass is 244 g/mol. The van der Waals surface area contributed by atoms with Crippen molar-refractivity contribution in [3.05, 3.63) is 0 Å². The van der Waals surface area contributed by atoms with Gasteiger partial charge in [0.25, 0.3) is 0 Å². The molecule has 1 unspecified atom stereocenters. The zero-order valence-electron chi connectivity index (χ0n) is 10.4. The highest BCUT2D eigenvalue weighted by atomic mass is 19.3. The summed E-state index contributed by atoms with van der Waals surface area (Å²) in [7, 11) is 0. The summed E-state index contributed by atoms with van der Waals surface area (Å²) >= 11 is 0. The van der Waals surface area contributed by atoms with Crippen LogP contribution in [0.1, 0.15) is 44.9 Å². The molecule has 2 aliphatic heterocycles. The molecule has 3 aliphatic rings. The summed E-state index contributed by atoms with van der Waals surface area (Å²) in [5.74, 6) is -2.41. The molecule has 0 aromatic heterocycles. The minimum atomic E-state index is -2.41. The van der Waals surface area contributed by atoms with Gasteiger partial charge in [-0.3, -0.25) is 0 Å². The smallest absolute Gasteiger partial charge is 0.249 e. The van der Waals surface area contributed by atoms with E-state index in [9.17, 15) is 8.78 Å². The normalized spacial score (nSPS) is 36.7. The van der Waals surface area contributed by atoms with Crippen LogP contribution in [0.3, 0.4) is 0 Å². The van der Waals surface area contributed by atoms with E-state index in [1.165, 1.54) is 6.42 Å². The topological polar surface area (TPSA) is 15.3 Å². The summed E-state index contributed by atoms with van der Waals surface area (Å²) in [5, 5.41) is 3.53. The molecule has 1 atom stereocenters. The van der Waals surface area contributed by atoms with Crippen molar-refractivity contribution < 1.29 is 8.78 Å². The first-order chi connectivity index (χ1) is 8.09. The predicted octanol–water partition coefficient (Wildman–Crippen LogP) is 2.39. The zero-order valence-corrected chi connectivity index (χ0v) is 10.4. The Morgan fingerprint density at radius 2 is 1.76 bits per heavy atom. The molecule has 4 heteroatoms. The highest BCUT2D eigenvalue weighted by Crippen LogP contribution is 2.38. The van der Waals surface area contributed by atoms with E-state index in [0.717, 1.165) is 38.9 Å². The molecule has 0 aromatic carbocycles. The molecule has 3 fully saturated rings. The third-order valence-electron chi connectivity index (χ3n) is 4.99. The molecule has 2 saturated heterocycles. The van der Waals surface area contributed by atoms with E-state index in [1.807, 2.05) is 0 Å². The maximum Gasteiger partial charge on any atom is 0.249 e. The standard InChI is InChI=1S/C13H22F2N2/c14-13(15)3-1-2-11(10-13)17-8-5-12(6-9-17)4-7-16-12/h11,16H,1-10H2. The van der Waals surface area contributed by atoms with E-state index in [4.69, 9.17) is 0 Å². The summed E-state index contributed by atoms with van der Waals surface area (Å²) < 4.78 is 26.8. The van der Waals surface area contributed by atoms with Crippen molar-refractivity contribution in [1.29, 1.82) is 0 Å². The Morgan fingerprint density at radius 3 is 2.29 bits per heavy atom. The van der Waals surface area contributed by atoms with Gasteiger partial charge >= 0.3 is 0 Å². The number of nitrogens with one attached hydrogen (secondary N) is 1. The molecule has 0 aromatic rings. The maximum absolute atomic E-state index is 13.4. The minimum Gasteiger partial charge on any atom is -0.311 e. The summed E-state index contributed by atoms with van der Waals surface area (Å²) in [4.78, 5) is 2.32. The lowest BCUT2D eigenvalue weighted by atomic mass is 9.78.